The number of ether oxygens (including phenoxy) is 1. The average Bonchev–Trinajstić information content (AvgIpc) is 2.85. The molecule has 2 aromatic carbocycles. The van der Waals surface area contributed by atoms with Crippen molar-refractivity contribution < 1.29 is 40.6 Å². The van der Waals surface area contributed by atoms with E-state index in [0.717, 1.165) is 11.1 Å². The molecule has 0 spiro atoms. The van der Waals surface area contributed by atoms with Crippen LogP contribution in [0.3, 0.4) is 0 Å². The van der Waals surface area contributed by atoms with Gasteiger partial charge in [-0.2, -0.15) is 0 Å². The van der Waals surface area contributed by atoms with Crippen LogP contribution in [-0.4, -0.2) is 24.1 Å². The van der Waals surface area contributed by atoms with Crippen LogP contribution in [0.4, 0.5) is 4.79 Å². The van der Waals surface area contributed by atoms with Gasteiger partial charge in [-0.15, -0.1) is 0 Å². The van der Waals surface area contributed by atoms with Gasteiger partial charge in [-0.1, -0.05) is 85.5 Å². The van der Waals surface area contributed by atoms with E-state index in [-0.39, 0.29) is 29.2 Å². The third-order valence-corrected chi connectivity index (χ3v) is 3.76. The number of carbonyl (C=O) groups is 1. The fourth-order valence-corrected chi connectivity index (χ4v) is 2.56. The first-order chi connectivity index (χ1) is 14.7. The fraction of sp³-hybridized carbons (Fsp3) is 0.167. The van der Waals surface area contributed by atoms with E-state index in [4.69, 9.17) is 18.7 Å². The van der Waals surface area contributed by atoms with Crippen molar-refractivity contribution in [3.05, 3.63) is 117 Å². The van der Waals surface area contributed by atoms with Gasteiger partial charge in [0.1, 0.15) is 0 Å². The summed E-state index contributed by atoms with van der Waals surface area (Å²) in [5, 5.41) is 0. The molecule has 0 bridgehead atoms. The second kappa shape index (κ2) is 23.2. The molecule has 0 aliphatic heterocycles. The zero-order chi connectivity index (χ0) is 23.2. The number of nitrogens with zero attached hydrogens (tertiary/aromatic N) is 1. The normalized spacial score (nSPS) is 9.39. The van der Waals surface area contributed by atoms with Crippen LogP contribution in [0.1, 0.15) is 11.1 Å². The second-order valence-corrected chi connectivity index (χ2v) is 5.46. The van der Waals surface area contributed by atoms with Gasteiger partial charge in [-0.3, -0.25) is 4.90 Å². The molecule has 0 fully saturated rings. The van der Waals surface area contributed by atoms with Gasteiger partial charge in [0, 0.05) is 23.6 Å². The van der Waals surface area contributed by atoms with Gasteiger partial charge in [0.25, 0.3) is 0 Å². The Bertz CT molecular complexity index is 787. The molecule has 0 radical (unpaired) electrons. The van der Waals surface area contributed by atoms with Crippen molar-refractivity contribution in [2.75, 3.05) is 7.11 Å². The molecular weight excluding hydrogens is 438 g/mol. The summed E-state index contributed by atoms with van der Waals surface area (Å²) in [6.45, 7) is 17.7. The molecule has 0 saturated carbocycles. The summed E-state index contributed by atoms with van der Waals surface area (Å²) < 4.78 is 27.5. The van der Waals surface area contributed by atoms with Crippen LogP contribution in [0.15, 0.2) is 85.5 Å². The molecule has 31 heavy (non-hydrogen) atoms. The summed E-state index contributed by atoms with van der Waals surface area (Å²) >= 11 is 0. The van der Waals surface area contributed by atoms with Crippen LogP contribution in [-0.2, 0) is 48.7 Å². The number of hydrogen-bond donors (Lipinski definition) is 0. The van der Waals surface area contributed by atoms with Crippen molar-refractivity contribution in [1.29, 1.82) is 0 Å². The van der Waals surface area contributed by atoms with E-state index >= 15 is 0 Å². The van der Waals surface area contributed by atoms with E-state index in [0.29, 0.717) is 13.0 Å². The predicted molar refractivity (Wildman–Crippen MR) is 109 cm³/mol. The van der Waals surface area contributed by atoms with Crippen LogP contribution < -0.4 is 0 Å². The Morgan fingerprint density at radius 2 is 1.42 bits per heavy atom. The number of methoxy groups -OCH3 is 1. The van der Waals surface area contributed by atoms with E-state index in [1.165, 1.54) is 7.11 Å². The Morgan fingerprint density at radius 3 is 1.84 bits per heavy atom. The van der Waals surface area contributed by atoms with Gasteiger partial charge in [0.2, 0.25) is 0 Å². The smallest absolute Gasteiger partial charge is 0 e. The van der Waals surface area contributed by atoms with Crippen LogP contribution in [0, 0.1) is 20.0 Å². The quantitative estimate of drug-likeness (QED) is 0.263. The number of benzene rings is 2. The maximum absolute atomic E-state index is 12.4. The Labute approximate surface area is 194 Å². The van der Waals surface area contributed by atoms with E-state index in [9.17, 15) is 4.79 Å². The van der Waals surface area contributed by atoms with Crippen LogP contribution in [0.5, 0.6) is 0 Å². The van der Waals surface area contributed by atoms with Crippen molar-refractivity contribution in [3.8, 4) is 0 Å². The SMILES string of the molecule is C=C/C=C/[C@H](Cc1ccccc1)N(Cc1ccccc1)C(=O)OC.[C-]#[O+].[C-]#[O+].[C-]#[O+].[Fe]. The summed E-state index contributed by atoms with van der Waals surface area (Å²) in [5.41, 5.74) is 2.23. The molecule has 2 rings (SSSR count). The van der Waals surface area contributed by atoms with Crippen LogP contribution in [0.25, 0.3) is 0 Å². The maximum Gasteiger partial charge on any atom is 0 e. The molecule has 2 aromatic rings. The van der Waals surface area contributed by atoms with Gasteiger partial charge < -0.3 is 4.74 Å². The Kier molecular flexibility index (Phi) is 24.4. The van der Waals surface area contributed by atoms with E-state index in [1.807, 2.05) is 60.7 Å². The molecule has 1 amide bonds. The molecule has 1 atom stereocenters. The largest absolute Gasteiger partial charge is 0 e. The van der Waals surface area contributed by atoms with Gasteiger partial charge >= 0.3 is 40.0 Å². The molecule has 162 valence electrons. The molecule has 7 heteroatoms. The van der Waals surface area contributed by atoms with Crippen molar-refractivity contribution in [3.63, 3.8) is 0 Å². The topological polar surface area (TPSA) is 89.2 Å². The minimum Gasteiger partial charge on any atom is 0 e. The second-order valence-electron chi connectivity index (χ2n) is 5.46. The van der Waals surface area contributed by atoms with Crippen molar-refractivity contribution in [2.24, 2.45) is 0 Å². The van der Waals surface area contributed by atoms with Crippen molar-refractivity contribution >= 4 is 6.09 Å². The first-order valence-corrected chi connectivity index (χ1v) is 8.57. The number of hydrogen-bond acceptors (Lipinski definition) is 2. The molecule has 0 heterocycles. The zero-order valence-corrected chi connectivity index (χ0v) is 18.2. The molecule has 0 aromatic heterocycles. The predicted octanol–water partition coefficient (Wildman–Crippen LogP) is 4.49. The summed E-state index contributed by atoms with van der Waals surface area (Å²) in [4.78, 5) is 14.1. The average molecular weight is 461 g/mol. The van der Waals surface area contributed by atoms with Gasteiger partial charge in [0.05, 0.1) is 13.2 Å². The van der Waals surface area contributed by atoms with Crippen molar-refractivity contribution in [2.45, 2.75) is 19.0 Å². The minimum atomic E-state index is -0.339. The maximum atomic E-state index is 12.4. The summed E-state index contributed by atoms with van der Waals surface area (Å²) in [5.74, 6) is 0. The Morgan fingerprint density at radius 1 is 0.968 bits per heavy atom. The number of rotatable bonds is 7. The van der Waals surface area contributed by atoms with Crippen molar-refractivity contribution in [1.82, 2.24) is 4.90 Å². The van der Waals surface area contributed by atoms with E-state index in [1.54, 1.807) is 11.0 Å². The molecular formula is C24H23FeNO5. The van der Waals surface area contributed by atoms with Gasteiger partial charge in [0.15, 0.2) is 0 Å². The first kappa shape index (κ1) is 32.6. The summed E-state index contributed by atoms with van der Waals surface area (Å²) in [7, 11) is 1.41. The van der Waals surface area contributed by atoms with E-state index < -0.39 is 0 Å². The molecule has 0 N–H and O–H groups in total. The third kappa shape index (κ3) is 13.7. The molecule has 0 aliphatic rings. The van der Waals surface area contributed by atoms with Gasteiger partial charge in [-0.25, -0.2) is 4.79 Å². The Hall–Kier alpha value is -3.07. The molecule has 0 unspecified atom stereocenters. The monoisotopic (exact) mass is 461 g/mol. The number of allylic oxidation sites excluding steroid dienone is 2. The number of carbonyl (C=O) groups excluding carboxylic acids is 1. The molecule has 0 aliphatic carbocycles. The van der Waals surface area contributed by atoms with E-state index in [2.05, 4.69) is 38.7 Å². The first-order valence-electron chi connectivity index (χ1n) is 8.57. The summed E-state index contributed by atoms with van der Waals surface area (Å²) in [6, 6.07) is 19.9. The fourth-order valence-electron chi connectivity index (χ4n) is 2.56. The molecule has 0 saturated heterocycles. The standard InChI is InChI=1S/C21H23NO2.3CO.Fe/c1-3-4-15-20(16-18-11-7-5-8-12-18)22(21(23)24-2)17-19-13-9-6-10-14-19;3*1-2;/h3-15,20H,1,16-17H2,2H3;;;;/b15-4+;;;;/t20-;;;;/m1..../s1. The van der Waals surface area contributed by atoms with Gasteiger partial charge in [-0.05, 0) is 17.5 Å². The third-order valence-electron chi connectivity index (χ3n) is 3.76. The summed E-state index contributed by atoms with van der Waals surface area (Å²) in [6.07, 6.45) is 5.95. The number of amides is 1. The van der Waals surface area contributed by atoms with Crippen LogP contribution in [0.2, 0.25) is 0 Å². The molecule has 6 nitrogen and oxygen atoms in total. The van der Waals surface area contributed by atoms with Crippen LogP contribution >= 0.6 is 0 Å². The Balaban J connectivity index is -0.00000103. The zero-order valence-electron chi connectivity index (χ0n) is 17.0. The minimum absolute atomic E-state index is 0.